The van der Waals surface area contributed by atoms with Gasteiger partial charge in [0.05, 0.1) is 11.9 Å². The third kappa shape index (κ3) is 5.49. The van der Waals surface area contributed by atoms with Gasteiger partial charge in [-0.3, -0.25) is 4.79 Å². The molecule has 174 valence electrons. The lowest BCUT2D eigenvalue weighted by atomic mass is 9.81. The van der Waals surface area contributed by atoms with Crippen LogP contribution in [0.4, 0.5) is 11.5 Å². The molecule has 0 aliphatic rings. The van der Waals surface area contributed by atoms with Gasteiger partial charge < -0.3 is 15.6 Å². The van der Waals surface area contributed by atoms with E-state index >= 15 is 0 Å². The molecule has 0 atom stereocenters. The minimum absolute atomic E-state index is 0.151. The molecule has 3 rings (SSSR count). The maximum absolute atomic E-state index is 13.1. The van der Waals surface area contributed by atoms with Gasteiger partial charge in [-0.25, -0.2) is 0 Å². The molecule has 0 saturated carbocycles. The highest BCUT2D eigenvalue weighted by atomic mass is 32.2. The first-order chi connectivity index (χ1) is 14.7. The number of hydrogen-bond acceptors (Lipinski definition) is 4. The number of rotatable bonds is 6. The number of benzene rings is 1. The average Bonchev–Trinajstić information content (AvgIpc) is 3.20. The monoisotopic (exact) mass is 455 g/mol. The summed E-state index contributed by atoms with van der Waals surface area (Å²) in [6, 6.07) is 7.84. The lowest BCUT2D eigenvalue weighted by Crippen LogP contribution is -2.36. The zero-order chi connectivity index (χ0) is 23.9. The number of anilines is 2. The van der Waals surface area contributed by atoms with E-state index in [4.69, 9.17) is 0 Å². The lowest BCUT2D eigenvalue weighted by molar-refractivity contribution is 0.102. The molecule has 0 saturated heterocycles. The van der Waals surface area contributed by atoms with Gasteiger partial charge in [-0.2, -0.15) is 9.61 Å². The molecule has 1 amide bonds. The van der Waals surface area contributed by atoms with Gasteiger partial charge in [-0.1, -0.05) is 41.5 Å². The Morgan fingerprint density at radius 2 is 1.69 bits per heavy atom. The van der Waals surface area contributed by atoms with Crippen LogP contribution in [0.25, 0.3) is 5.65 Å². The smallest absolute Gasteiger partial charge is 0.261 e. The molecule has 32 heavy (non-hydrogen) atoms. The molecule has 2 aromatic heterocycles. The van der Waals surface area contributed by atoms with Gasteiger partial charge in [0, 0.05) is 21.5 Å². The van der Waals surface area contributed by atoms with Crippen molar-refractivity contribution in [3.05, 3.63) is 41.7 Å². The summed E-state index contributed by atoms with van der Waals surface area (Å²) in [6.07, 6.45) is 4.65. The number of H-pyrrole nitrogens is 1. The Hall–Kier alpha value is -2.41. The molecule has 2 heterocycles. The summed E-state index contributed by atoms with van der Waals surface area (Å²) < 4.78 is 1.83. The van der Waals surface area contributed by atoms with Crippen molar-refractivity contribution in [2.75, 3.05) is 16.9 Å². The number of aromatic nitrogens is 3. The topological polar surface area (TPSA) is 74.2 Å². The van der Waals surface area contributed by atoms with Crippen LogP contribution in [0.5, 0.6) is 0 Å². The predicted octanol–water partition coefficient (Wildman–Crippen LogP) is 6.56. The van der Waals surface area contributed by atoms with Gasteiger partial charge in [-0.15, -0.1) is 11.8 Å². The number of nitrogens with one attached hydrogen (secondary N) is 3. The number of imidazole rings is 1. The summed E-state index contributed by atoms with van der Waals surface area (Å²) in [4.78, 5) is 17.7. The van der Waals surface area contributed by atoms with Crippen LogP contribution in [0.1, 0.15) is 77.9 Å². The Bertz CT molecular complexity index is 1090. The number of hydrogen-bond donors (Lipinski definition) is 3. The average molecular weight is 456 g/mol. The van der Waals surface area contributed by atoms with Gasteiger partial charge >= 0.3 is 0 Å². The van der Waals surface area contributed by atoms with Crippen LogP contribution in [0.3, 0.4) is 0 Å². The summed E-state index contributed by atoms with van der Waals surface area (Å²) in [7, 11) is 0. The third-order valence-corrected chi connectivity index (χ3v) is 5.98. The van der Waals surface area contributed by atoms with E-state index in [1.165, 1.54) is 0 Å². The zero-order valence-corrected chi connectivity index (χ0v) is 21.6. The van der Waals surface area contributed by atoms with Crippen LogP contribution in [0.2, 0.25) is 0 Å². The van der Waals surface area contributed by atoms with E-state index in [-0.39, 0.29) is 22.3 Å². The Kier molecular flexibility index (Phi) is 6.44. The van der Waals surface area contributed by atoms with E-state index in [1.54, 1.807) is 18.0 Å². The number of carbonyl (C=O) groups excluding carboxylic acids is 1. The highest BCUT2D eigenvalue weighted by molar-refractivity contribution is 7.98. The summed E-state index contributed by atoms with van der Waals surface area (Å²) in [6.45, 7) is 17.6. The molecule has 0 bridgehead atoms. The second-order valence-electron chi connectivity index (χ2n) is 11.3. The molecule has 6 nitrogen and oxygen atoms in total. The Morgan fingerprint density at radius 3 is 2.22 bits per heavy atom. The van der Waals surface area contributed by atoms with E-state index in [0.717, 1.165) is 28.5 Å². The van der Waals surface area contributed by atoms with Crippen molar-refractivity contribution in [2.24, 2.45) is 5.41 Å². The van der Waals surface area contributed by atoms with Gasteiger partial charge in [0.2, 0.25) is 0 Å². The summed E-state index contributed by atoms with van der Waals surface area (Å²) >= 11 is 1.67. The number of carbonyl (C=O) groups is 1. The minimum Gasteiger partial charge on any atom is -0.364 e. The van der Waals surface area contributed by atoms with Crippen LogP contribution < -0.4 is 10.6 Å². The minimum atomic E-state index is -0.181. The first-order valence-electron chi connectivity index (χ1n) is 11.0. The largest absolute Gasteiger partial charge is 0.364 e. The van der Waals surface area contributed by atoms with Crippen LogP contribution in [-0.2, 0) is 5.41 Å². The van der Waals surface area contributed by atoms with E-state index in [9.17, 15) is 4.79 Å². The Morgan fingerprint density at radius 1 is 1.06 bits per heavy atom. The Labute approximate surface area is 195 Å². The van der Waals surface area contributed by atoms with Gasteiger partial charge in [0.15, 0.2) is 0 Å². The number of amides is 1. The van der Waals surface area contributed by atoms with E-state index in [1.807, 2.05) is 35.0 Å². The molecule has 0 radical (unpaired) electrons. The van der Waals surface area contributed by atoms with Crippen LogP contribution in [0.15, 0.2) is 35.4 Å². The molecule has 3 aromatic rings. The quantitative estimate of drug-likeness (QED) is 0.368. The van der Waals surface area contributed by atoms with Crippen molar-refractivity contribution < 1.29 is 4.79 Å². The van der Waals surface area contributed by atoms with Gasteiger partial charge in [0.25, 0.3) is 5.91 Å². The van der Waals surface area contributed by atoms with E-state index in [2.05, 4.69) is 76.1 Å². The number of thioether (sulfide) groups is 1. The molecule has 0 fully saturated rings. The fraction of sp³-hybridized carbons (Fsp3) is 0.520. The fourth-order valence-corrected chi connectivity index (χ4v) is 4.72. The van der Waals surface area contributed by atoms with Crippen LogP contribution in [-0.4, -0.2) is 32.3 Å². The lowest BCUT2D eigenvalue weighted by Gasteiger charge is -2.34. The van der Waals surface area contributed by atoms with Crippen molar-refractivity contribution in [1.82, 2.24) is 14.6 Å². The maximum atomic E-state index is 13.1. The highest BCUT2D eigenvalue weighted by Crippen LogP contribution is 2.35. The van der Waals surface area contributed by atoms with Crippen molar-refractivity contribution >= 4 is 34.8 Å². The molecular weight excluding hydrogens is 418 g/mol. The Balaban J connectivity index is 1.98. The van der Waals surface area contributed by atoms with Gasteiger partial charge in [0.1, 0.15) is 17.0 Å². The molecule has 0 unspecified atom stereocenters. The van der Waals surface area contributed by atoms with E-state index < -0.39 is 0 Å². The normalized spacial score (nSPS) is 12.9. The molecule has 0 aliphatic carbocycles. The number of fused-ring (bicyclic) bond motifs is 1. The number of nitrogens with zero attached hydrogens (tertiary/aromatic N) is 2. The zero-order valence-electron chi connectivity index (χ0n) is 20.8. The fourth-order valence-electron chi connectivity index (χ4n) is 4.31. The third-order valence-electron chi connectivity index (χ3n) is 5.23. The van der Waals surface area contributed by atoms with Crippen molar-refractivity contribution in [3.63, 3.8) is 0 Å². The van der Waals surface area contributed by atoms with Gasteiger partial charge in [-0.05, 0) is 56.2 Å². The van der Waals surface area contributed by atoms with E-state index in [0.29, 0.717) is 11.2 Å². The standard InChI is InChI=1S/C25H37N5OS/c1-23(2,3)15-25(7,8)29-21-19(24(4,5)6)28-20-18(14-26-30(20)21)22(31)27-16-10-12-17(32-9)13-11-16/h10-14,28-29H,15H2,1-9H3,(H,27,31). The second kappa shape index (κ2) is 8.50. The summed E-state index contributed by atoms with van der Waals surface area (Å²) in [5, 5.41) is 11.3. The summed E-state index contributed by atoms with van der Waals surface area (Å²) in [5.74, 6) is 0.726. The van der Waals surface area contributed by atoms with Crippen LogP contribution >= 0.6 is 11.8 Å². The van der Waals surface area contributed by atoms with Crippen molar-refractivity contribution in [3.8, 4) is 0 Å². The molecule has 0 spiro atoms. The molecule has 1 aromatic carbocycles. The predicted molar refractivity (Wildman–Crippen MR) is 136 cm³/mol. The highest BCUT2D eigenvalue weighted by Gasteiger charge is 2.32. The summed E-state index contributed by atoms with van der Waals surface area (Å²) in [5.41, 5.74) is 2.88. The molecule has 0 aliphatic heterocycles. The maximum Gasteiger partial charge on any atom is 0.261 e. The first-order valence-corrected chi connectivity index (χ1v) is 12.3. The SMILES string of the molecule is CSc1ccc(NC(=O)c2cnn3c(NC(C)(C)CC(C)(C)C)c(C(C)(C)C)[nH]c23)cc1. The number of aromatic amines is 1. The van der Waals surface area contributed by atoms with Crippen molar-refractivity contribution in [1.29, 1.82) is 0 Å². The second-order valence-corrected chi connectivity index (χ2v) is 12.2. The molecule has 7 heteroatoms. The van der Waals surface area contributed by atoms with Crippen molar-refractivity contribution in [2.45, 2.75) is 77.7 Å². The first kappa shape index (κ1) is 24.2. The van der Waals surface area contributed by atoms with Crippen LogP contribution in [0, 0.1) is 5.41 Å². The molecule has 3 N–H and O–H groups in total. The molecular formula is C25H37N5OS.